The first-order chi connectivity index (χ1) is 13.8. The lowest BCUT2D eigenvalue weighted by Crippen LogP contribution is -2.30. The van der Waals surface area contributed by atoms with E-state index in [2.05, 4.69) is 95.4 Å². The first kappa shape index (κ1) is 19.6. The molecule has 2 N–H and O–H groups in total. The number of guanidine groups is 1. The van der Waals surface area contributed by atoms with Crippen LogP contribution in [-0.2, 0) is 12.8 Å². The highest BCUT2D eigenvalue weighted by Crippen LogP contribution is 2.09. The van der Waals surface area contributed by atoms with Gasteiger partial charge in [-0.05, 0) is 47.2 Å². The molecule has 4 nitrogen and oxygen atoms in total. The molecule has 0 aromatic heterocycles. The van der Waals surface area contributed by atoms with E-state index in [1.165, 1.54) is 11.1 Å². The van der Waals surface area contributed by atoms with Crippen LogP contribution >= 0.6 is 0 Å². The zero-order chi connectivity index (χ0) is 19.6. The van der Waals surface area contributed by atoms with E-state index in [1.54, 1.807) is 0 Å². The van der Waals surface area contributed by atoms with E-state index in [9.17, 15) is 0 Å². The van der Waals surface area contributed by atoms with Crippen LogP contribution < -0.4 is 10.7 Å². The molecule has 0 amide bonds. The highest BCUT2D eigenvalue weighted by molar-refractivity contribution is 6.09. The minimum absolute atomic E-state index is 0.721. The molecule has 0 unspecified atom stereocenters. The van der Waals surface area contributed by atoms with Gasteiger partial charge < -0.3 is 5.32 Å². The molecule has 0 aliphatic carbocycles. The highest BCUT2D eigenvalue weighted by Gasteiger charge is 2.02. The number of aliphatic imine (C=N–C) groups is 1. The molecule has 1 heterocycles. The van der Waals surface area contributed by atoms with Crippen LogP contribution in [0.1, 0.15) is 36.1 Å². The lowest BCUT2D eigenvalue weighted by Gasteiger charge is -2.02. The summed E-state index contributed by atoms with van der Waals surface area (Å²) in [6.07, 6.45) is 10.3. The summed E-state index contributed by atoms with van der Waals surface area (Å²) >= 11 is 0. The van der Waals surface area contributed by atoms with Gasteiger partial charge in [-0.3, -0.25) is 0 Å². The Bertz CT molecular complexity index is 812. The predicted octanol–water partition coefficient (Wildman–Crippen LogP) is 4.44. The molecule has 4 heteroatoms. The summed E-state index contributed by atoms with van der Waals surface area (Å²) in [5.74, 6) is 0.721. The van der Waals surface area contributed by atoms with Crippen molar-refractivity contribution in [3.8, 4) is 0 Å². The van der Waals surface area contributed by atoms with E-state index < -0.39 is 0 Å². The van der Waals surface area contributed by atoms with E-state index in [-0.39, 0.29) is 0 Å². The van der Waals surface area contributed by atoms with Crippen molar-refractivity contribution < 1.29 is 0 Å². The molecule has 0 saturated heterocycles. The molecule has 1 aliphatic rings. The van der Waals surface area contributed by atoms with Crippen LogP contribution in [-0.4, -0.2) is 24.8 Å². The predicted molar refractivity (Wildman–Crippen MR) is 121 cm³/mol. The van der Waals surface area contributed by atoms with Crippen molar-refractivity contribution in [2.45, 2.75) is 26.7 Å². The average molecular weight is 373 g/mol. The molecule has 0 saturated carbocycles. The number of rotatable bonds is 7. The number of aryl methyl sites for hydroxylation is 2. The van der Waals surface area contributed by atoms with Gasteiger partial charge >= 0.3 is 0 Å². The topological polar surface area (TPSA) is 48.8 Å². The third-order valence-corrected chi connectivity index (χ3v) is 4.63. The van der Waals surface area contributed by atoms with E-state index in [4.69, 9.17) is 0 Å². The largest absolute Gasteiger partial charge is 0.353 e. The van der Waals surface area contributed by atoms with Gasteiger partial charge in [0.2, 0.25) is 5.96 Å². The van der Waals surface area contributed by atoms with Crippen molar-refractivity contribution in [3.63, 3.8) is 0 Å². The van der Waals surface area contributed by atoms with Gasteiger partial charge in [0.05, 0.1) is 12.3 Å². The maximum atomic E-state index is 4.50. The molecule has 144 valence electrons. The second kappa shape index (κ2) is 10.3. The first-order valence-electron chi connectivity index (χ1n) is 9.93. The van der Waals surface area contributed by atoms with Crippen LogP contribution in [0.25, 0.3) is 12.2 Å². The van der Waals surface area contributed by atoms with Gasteiger partial charge in [0.25, 0.3) is 0 Å². The summed E-state index contributed by atoms with van der Waals surface area (Å²) in [4.78, 5) is 4.32. The van der Waals surface area contributed by atoms with Crippen molar-refractivity contribution in [1.82, 2.24) is 10.7 Å². The van der Waals surface area contributed by atoms with Gasteiger partial charge in [-0.25, -0.2) is 10.4 Å². The van der Waals surface area contributed by atoms with E-state index >= 15 is 0 Å². The van der Waals surface area contributed by atoms with Crippen molar-refractivity contribution in [2.75, 3.05) is 13.1 Å². The van der Waals surface area contributed by atoms with Gasteiger partial charge in [-0.2, -0.15) is 5.10 Å². The van der Waals surface area contributed by atoms with Crippen LogP contribution in [0, 0.1) is 0 Å². The Morgan fingerprint density at radius 2 is 1.46 bits per heavy atom. The van der Waals surface area contributed by atoms with Crippen LogP contribution in [0.5, 0.6) is 0 Å². The fourth-order valence-electron chi connectivity index (χ4n) is 2.81. The smallest absolute Gasteiger partial charge is 0.212 e. The third kappa shape index (κ3) is 5.95. The number of nitrogens with zero attached hydrogens (tertiary/aromatic N) is 2. The number of nitrogens with one attached hydrogen (secondary N) is 2. The van der Waals surface area contributed by atoms with Crippen LogP contribution in [0.3, 0.4) is 0 Å². The number of benzene rings is 2. The zero-order valence-electron chi connectivity index (χ0n) is 16.7. The average Bonchev–Trinajstić information content (AvgIpc) is 3.27. The first-order valence-corrected chi connectivity index (χ1v) is 9.93. The lowest BCUT2D eigenvalue weighted by molar-refractivity contribution is 0.918. The summed E-state index contributed by atoms with van der Waals surface area (Å²) in [6.45, 7) is 5.97. The fourth-order valence-corrected chi connectivity index (χ4v) is 2.81. The van der Waals surface area contributed by atoms with Gasteiger partial charge in [0.15, 0.2) is 0 Å². The molecular formula is C24H28N4. The van der Waals surface area contributed by atoms with E-state index in [0.29, 0.717) is 0 Å². The molecule has 28 heavy (non-hydrogen) atoms. The molecule has 0 atom stereocenters. The van der Waals surface area contributed by atoms with E-state index in [1.807, 2.05) is 12.2 Å². The molecule has 2 aromatic rings. The number of hydrogen-bond donors (Lipinski definition) is 2. The normalized spacial score (nSPS) is 13.6. The van der Waals surface area contributed by atoms with Crippen LogP contribution in [0.4, 0.5) is 0 Å². The van der Waals surface area contributed by atoms with Gasteiger partial charge in [-0.15, -0.1) is 0 Å². The Kier molecular flexibility index (Phi) is 7.19. The molecule has 0 spiro atoms. The van der Waals surface area contributed by atoms with Crippen molar-refractivity contribution in [3.05, 3.63) is 82.9 Å². The molecule has 0 radical (unpaired) electrons. The molecule has 3 rings (SSSR count). The SMILES string of the molecule is CCc1ccc(/C=C/C(/C=C/c2ccc(CC)cc2)=NNC2=NCCN2)cc1. The second-order valence-corrected chi connectivity index (χ2v) is 6.66. The van der Waals surface area contributed by atoms with Gasteiger partial charge in [0.1, 0.15) is 0 Å². The number of allylic oxidation sites excluding steroid dienone is 2. The maximum absolute atomic E-state index is 4.50. The molecule has 2 aromatic carbocycles. The minimum Gasteiger partial charge on any atom is -0.353 e. The Morgan fingerprint density at radius 1 is 0.929 bits per heavy atom. The minimum atomic E-state index is 0.721. The Labute approximate surface area is 167 Å². The maximum Gasteiger partial charge on any atom is 0.212 e. The van der Waals surface area contributed by atoms with E-state index in [0.717, 1.165) is 48.7 Å². The Hall–Kier alpha value is -3.14. The zero-order valence-corrected chi connectivity index (χ0v) is 16.7. The van der Waals surface area contributed by atoms with Crippen molar-refractivity contribution in [2.24, 2.45) is 10.1 Å². The van der Waals surface area contributed by atoms with Crippen molar-refractivity contribution in [1.29, 1.82) is 0 Å². The summed E-state index contributed by atoms with van der Waals surface area (Å²) in [5.41, 5.74) is 8.84. The Morgan fingerprint density at radius 3 is 1.89 bits per heavy atom. The van der Waals surface area contributed by atoms with Crippen LogP contribution in [0.15, 0.2) is 70.8 Å². The molecule has 1 aliphatic heterocycles. The Balaban J connectivity index is 1.75. The summed E-state index contributed by atoms with van der Waals surface area (Å²) < 4.78 is 0. The standard InChI is InChI=1S/C24H28N4/c1-3-19-5-9-21(10-6-19)13-15-23(27-28-24-25-17-18-26-24)16-14-22-11-7-20(4-2)8-12-22/h5-16H,3-4,17-18H2,1-2H3,(H2,25,26,28)/b15-13+,16-14+. The number of hydrazone groups is 1. The highest BCUT2D eigenvalue weighted by atomic mass is 15.4. The monoisotopic (exact) mass is 372 g/mol. The summed E-state index contributed by atoms with van der Waals surface area (Å²) in [7, 11) is 0. The molecule has 0 fully saturated rings. The molecule has 0 bridgehead atoms. The van der Waals surface area contributed by atoms with Crippen molar-refractivity contribution >= 4 is 23.8 Å². The fraction of sp³-hybridized carbons (Fsp3) is 0.250. The summed E-state index contributed by atoms with van der Waals surface area (Å²) in [6, 6.07) is 17.2. The third-order valence-electron chi connectivity index (χ3n) is 4.63. The summed E-state index contributed by atoms with van der Waals surface area (Å²) in [5, 5.41) is 7.67. The number of hydrogen-bond acceptors (Lipinski definition) is 4. The van der Waals surface area contributed by atoms with Gasteiger partial charge in [-0.1, -0.05) is 74.5 Å². The van der Waals surface area contributed by atoms with Gasteiger partial charge in [0, 0.05) is 6.54 Å². The lowest BCUT2D eigenvalue weighted by atomic mass is 10.1. The molecular weight excluding hydrogens is 344 g/mol. The second-order valence-electron chi connectivity index (χ2n) is 6.66. The van der Waals surface area contributed by atoms with Crippen LogP contribution in [0.2, 0.25) is 0 Å². The quantitative estimate of drug-likeness (QED) is 0.557.